The molecule has 1 aromatic carbocycles. The molecule has 16 heavy (non-hydrogen) atoms. The minimum atomic E-state index is -1.35. The van der Waals surface area contributed by atoms with Gasteiger partial charge in [-0.05, 0) is 38.3 Å². The molecule has 88 valence electrons. The molecule has 0 atom stereocenters. The monoisotopic (exact) mass is 221 g/mol. The van der Waals surface area contributed by atoms with Crippen LogP contribution in [0.1, 0.15) is 31.9 Å². The van der Waals surface area contributed by atoms with Crippen LogP contribution in [0.25, 0.3) is 0 Å². The number of aryl methyl sites for hydroxylation is 2. The molecule has 1 aromatic rings. The summed E-state index contributed by atoms with van der Waals surface area (Å²) >= 11 is 0. The molecule has 0 aliphatic carbocycles. The van der Waals surface area contributed by atoms with E-state index >= 15 is 0 Å². The normalized spacial score (nSPS) is 11.3. The largest absolute Gasteiger partial charge is 0.381 e. The van der Waals surface area contributed by atoms with Crippen molar-refractivity contribution in [3.8, 4) is 0 Å². The number of carbonyl (C=O) groups is 1. The second-order valence-electron chi connectivity index (χ2n) is 4.48. The highest BCUT2D eigenvalue weighted by Crippen LogP contribution is 2.22. The van der Waals surface area contributed by atoms with Crippen LogP contribution in [0.3, 0.4) is 0 Å². The van der Waals surface area contributed by atoms with Gasteiger partial charge in [-0.25, -0.2) is 0 Å². The molecule has 0 aromatic heterocycles. The Labute approximate surface area is 96.5 Å². The predicted octanol–water partition coefficient (Wildman–Crippen LogP) is 2.27. The molecule has 3 heteroatoms. The minimum absolute atomic E-state index is 0.378. The maximum atomic E-state index is 11.7. The number of nitrogens with one attached hydrogen (secondary N) is 1. The van der Waals surface area contributed by atoms with Gasteiger partial charge in [-0.2, -0.15) is 0 Å². The maximum Gasteiger partial charge on any atom is 0.255 e. The zero-order valence-electron chi connectivity index (χ0n) is 10.3. The summed E-state index contributed by atoms with van der Waals surface area (Å²) in [6, 6.07) is 5.89. The first-order chi connectivity index (χ1) is 7.36. The van der Waals surface area contributed by atoms with E-state index in [0.717, 1.165) is 23.2 Å². The summed E-state index contributed by atoms with van der Waals surface area (Å²) < 4.78 is 0. The zero-order valence-corrected chi connectivity index (χ0v) is 10.3. The zero-order chi connectivity index (χ0) is 12.3. The first-order valence-electron chi connectivity index (χ1n) is 5.48. The van der Waals surface area contributed by atoms with Crippen molar-refractivity contribution in [3.63, 3.8) is 0 Å². The lowest BCUT2D eigenvalue weighted by molar-refractivity contribution is -0.130. The van der Waals surface area contributed by atoms with Crippen molar-refractivity contribution in [1.82, 2.24) is 0 Å². The van der Waals surface area contributed by atoms with E-state index in [9.17, 15) is 9.90 Å². The third-order valence-corrected chi connectivity index (χ3v) is 2.53. The van der Waals surface area contributed by atoms with Crippen LogP contribution in [0.5, 0.6) is 0 Å². The van der Waals surface area contributed by atoms with E-state index in [1.165, 1.54) is 13.8 Å². The van der Waals surface area contributed by atoms with Gasteiger partial charge in [0.15, 0.2) is 0 Å². The number of aliphatic hydroxyl groups is 1. The van der Waals surface area contributed by atoms with Crippen LogP contribution in [0, 0.1) is 6.92 Å². The van der Waals surface area contributed by atoms with E-state index in [-0.39, 0.29) is 5.91 Å². The lowest BCUT2D eigenvalue weighted by atomic mass is 10.0. The lowest BCUT2D eigenvalue weighted by Crippen LogP contribution is -2.37. The van der Waals surface area contributed by atoms with Crippen LogP contribution >= 0.6 is 0 Å². The Morgan fingerprint density at radius 2 is 2.06 bits per heavy atom. The van der Waals surface area contributed by atoms with Crippen molar-refractivity contribution in [2.24, 2.45) is 0 Å². The summed E-state index contributed by atoms with van der Waals surface area (Å²) in [5.74, 6) is -0.378. The highest BCUT2D eigenvalue weighted by Gasteiger charge is 2.24. The average molecular weight is 221 g/mol. The lowest BCUT2D eigenvalue weighted by Gasteiger charge is -2.19. The topological polar surface area (TPSA) is 49.3 Å². The number of anilines is 1. The van der Waals surface area contributed by atoms with Gasteiger partial charge in [0, 0.05) is 5.69 Å². The molecule has 0 unspecified atom stereocenters. The van der Waals surface area contributed by atoms with Crippen molar-refractivity contribution >= 4 is 11.6 Å². The van der Waals surface area contributed by atoms with Crippen molar-refractivity contribution in [3.05, 3.63) is 29.3 Å². The Bertz CT molecular complexity index is 391. The number of amides is 1. The van der Waals surface area contributed by atoms with E-state index in [2.05, 4.69) is 5.32 Å². The highest BCUT2D eigenvalue weighted by molar-refractivity contribution is 5.97. The van der Waals surface area contributed by atoms with Gasteiger partial charge in [0.1, 0.15) is 5.60 Å². The average Bonchev–Trinajstić information content (AvgIpc) is 2.19. The molecule has 0 radical (unpaired) electrons. The van der Waals surface area contributed by atoms with Gasteiger partial charge in [0.05, 0.1) is 0 Å². The predicted molar refractivity (Wildman–Crippen MR) is 65.5 cm³/mol. The first-order valence-corrected chi connectivity index (χ1v) is 5.48. The molecular formula is C13H19NO2. The van der Waals surface area contributed by atoms with Crippen LogP contribution in [0.15, 0.2) is 18.2 Å². The molecule has 0 fully saturated rings. The van der Waals surface area contributed by atoms with Crippen molar-refractivity contribution in [1.29, 1.82) is 0 Å². The van der Waals surface area contributed by atoms with E-state index in [4.69, 9.17) is 0 Å². The number of carbonyl (C=O) groups excluding carboxylic acids is 1. The van der Waals surface area contributed by atoms with Crippen LogP contribution in [0.2, 0.25) is 0 Å². The number of benzene rings is 1. The fourth-order valence-electron chi connectivity index (χ4n) is 1.47. The van der Waals surface area contributed by atoms with Crippen LogP contribution < -0.4 is 5.32 Å². The summed E-state index contributed by atoms with van der Waals surface area (Å²) in [5.41, 5.74) is 1.56. The Morgan fingerprint density at radius 3 is 2.56 bits per heavy atom. The fourth-order valence-corrected chi connectivity index (χ4v) is 1.47. The molecule has 2 N–H and O–H groups in total. The van der Waals surface area contributed by atoms with Crippen LogP contribution in [-0.4, -0.2) is 16.6 Å². The number of hydrogen-bond acceptors (Lipinski definition) is 2. The highest BCUT2D eigenvalue weighted by atomic mass is 16.3. The second kappa shape index (κ2) is 4.66. The van der Waals surface area contributed by atoms with Gasteiger partial charge in [0.2, 0.25) is 0 Å². The van der Waals surface area contributed by atoms with Crippen molar-refractivity contribution in [2.75, 3.05) is 5.32 Å². The molecule has 3 nitrogen and oxygen atoms in total. The van der Waals surface area contributed by atoms with Gasteiger partial charge in [-0.3, -0.25) is 4.79 Å². The van der Waals surface area contributed by atoms with E-state index in [1.54, 1.807) is 0 Å². The van der Waals surface area contributed by atoms with Gasteiger partial charge in [-0.1, -0.05) is 25.1 Å². The quantitative estimate of drug-likeness (QED) is 0.822. The third kappa shape index (κ3) is 2.83. The molecule has 0 heterocycles. The van der Waals surface area contributed by atoms with Crippen LogP contribution in [0.4, 0.5) is 5.69 Å². The van der Waals surface area contributed by atoms with Crippen molar-refractivity contribution in [2.45, 2.75) is 39.7 Å². The molecule has 0 saturated carbocycles. The fraction of sp³-hybridized carbons (Fsp3) is 0.462. The summed E-state index contributed by atoms with van der Waals surface area (Å²) in [6.45, 7) is 6.94. The number of rotatable bonds is 3. The van der Waals surface area contributed by atoms with Gasteiger partial charge in [-0.15, -0.1) is 0 Å². The molecule has 1 rings (SSSR count). The summed E-state index contributed by atoms with van der Waals surface area (Å²) in [6.07, 6.45) is 0.850. The van der Waals surface area contributed by atoms with Gasteiger partial charge >= 0.3 is 0 Å². The SMILES string of the molecule is CCc1cccc(C)c1NC(=O)C(C)(C)O. The third-order valence-electron chi connectivity index (χ3n) is 2.53. The molecule has 0 spiro atoms. The molecule has 0 bridgehead atoms. The van der Waals surface area contributed by atoms with Crippen molar-refractivity contribution < 1.29 is 9.90 Å². The Morgan fingerprint density at radius 1 is 1.44 bits per heavy atom. The van der Waals surface area contributed by atoms with Gasteiger partial charge < -0.3 is 10.4 Å². The molecular weight excluding hydrogens is 202 g/mol. The molecule has 1 amide bonds. The summed E-state index contributed by atoms with van der Waals surface area (Å²) in [7, 11) is 0. The summed E-state index contributed by atoms with van der Waals surface area (Å²) in [5, 5.41) is 12.4. The number of hydrogen-bond donors (Lipinski definition) is 2. The minimum Gasteiger partial charge on any atom is -0.381 e. The van der Waals surface area contributed by atoms with Gasteiger partial charge in [0.25, 0.3) is 5.91 Å². The molecule has 0 saturated heterocycles. The first kappa shape index (κ1) is 12.7. The molecule has 0 aliphatic heterocycles. The Kier molecular flexibility index (Phi) is 3.70. The van der Waals surface area contributed by atoms with E-state index < -0.39 is 5.60 Å². The smallest absolute Gasteiger partial charge is 0.255 e. The maximum absolute atomic E-state index is 11.7. The van der Waals surface area contributed by atoms with E-state index in [0.29, 0.717) is 0 Å². The van der Waals surface area contributed by atoms with Crippen LogP contribution in [-0.2, 0) is 11.2 Å². The number of para-hydroxylation sites is 1. The Balaban J connectivity index is 3.01. The summed E-state index contributed by atoms with van der Waals surface area (Å²) in [4.78, 5) is 11.7. The standard InChI is InChI=1S/C13H19NO2/c1-5-10-8-6-7-9(2)11(10)14-12(15)13(3,4)16/h6-8,16H,5H2,1-4H3,(H,14,15). The Hall–Kier alpha value is -1.35. The van der Waals surface area contributed by atoms with E-state index in [1.807, 2.05) is 32.0 Å². The molecule has 0 aliphatic rings. The second-order valence-corrected chi connectivity index (χ2v) is 4.48.